The fraction of sp³-hybridized carbons (Fsp3) is 0.692. The Kier molecular flexibility index (Phi) is 3.82. The molecule has 0 radical (unpaired) electrons. The van der Waals surface area contributed by atoms with Crippen LogP contribution < -0.4 is 10.2 Å². The van der Waals surface area contributed by atoms with Gasteiger partial charge in [-0.25, -0.2) is 9.97 Å². The lowest BCUT2D eigenvalue weighted by Gasteiger charge is -2.20. The molecule has 1 fully saturated rings. The Morgan fingerprint density at radius 1 is 1.47 bits per heavy atom. The van der Waals surface area contributed by atoms with E-state index in [4.69, 9.17) is 0 Å². The van der Waals surface area contributed by atoms with Crippen LogP contribution in [0.15, 0.2) is 6.33 Å². The van der Waals surface area contributed by atoms with Crippen LogP contribution >= 0.6 is 0 Å². The summed E-state index contributed by atoms with van der Waals surface area (Å²) in [6.07, 6.45) is 5.57. The monoisotopic (exact) mass is 234 g/mol. The fourth-order valence-corrected chi connectivity index (χ4v) is 2.68. The molecule has 1 aliphatic rings. The van der Waals surface area contributed by atoms with E-state index in [1.54, 1.807) is 6.33 Å². The van der Waals surface area contributed by atoms with Crippen LogP contribution in [0.3, 0.4) is 0 Å². The quantitative estimate of drug-likeness (QED) is 0.869. The SMILES string of the molecule is CCCC1CCN(c2ncnc(NC)c2C)C1. The Balaban J connectivity index is 2.13. The van der Waals surface area contributed by atoms with Crippen LogP contribution in [0.2, 0.25) is 0 Å². The zero-order valence-electron chi connectivity index (χ0n) is 11.0. The smallest absolute Gasteiger partial charge is 0.137 e. The molecule has 1 aromatic heterocycles. The highest BCUT2D eigenvalue weighted by Crippen LogP contribution is 2.28. The van der Waals surface area contributed by atoms with E-state index in [-0.39, 0.29) is 0 Å². The van der Waals surface area contributed by atoms with Crippen molar-refractivity contribution in [1.29, 1.82) is 0 Å². The number of hydrogen-bond donors (Lipinski definition) is 1. The molecule has 0 aliphatic carbocycles. The molecule has 94 valence electrons. The molecule has 2 rings (SSSR count). The molecular formula is C13H22N4. The van der Waals surface area contributed by atoms with Crippen LogP contribution in [0.4, 0.5) is 11.6 Å². The lowest BCUT2D eigenvalue weighted by molar-refractivity contribution is 0.529. The first-order valence-electron chi connectivity index (χ1n) is 6.50. The highest BCUT2D eigenvalue weighted by molar-refractivity contribution is 5.58. The molecule has 1 aliphatic heterocycles. The fourth-order valence-electron chi connectivity index (χ4n) is 2.68. The number of anilines is 2. The Labute approximate surface area is 103 Å². The Hall–Kier alpha value is -1.32. The van der Waals surface area contributed by atoms with Crippen LogP contribution in [0.1, 0.15) is 31.7 Å². The lowest BCUT2D eigenvalue weighted by atomic mass is 10.0. The molecule has 2 heterocycles. The van der Waals surface area contributed by atoms with Gasteiger partial charge < -0.3 is 10.2 Å². The van der Waals surface area contributed by atoms with Gasteiger partial charge >= 0.3 is 0 Å². The van der Waals surface area contributed by atoms with Gasteiger partial charge in [0.2, 0.25) is 0 Å². The minimum absolute atomic E-state index is 0.840. The molecule has 1 atom stereocenters. The Morgan fingerprint density at radius 2 is 2.29 bits per heavy atom. The second-order valence-corrected chi connectivity index (χ2v) is 4.81. The molecular weight excluding hydrogens is 212 g/mol. The van der Waals surface area contributed by atoms with Crippen molar-refractivity contribution in [3.05, 3.63) is 11.9 Å². The minimum atomic E-state index is 0.840. The summed E-state index contributed by atoms with van der Waals surface area (Å²) in [6.45, 7) is 6.63. The molecule has 0 aromatic carbocycles. The highest BCUT2D eigenvalue weighted by Gasteiger charge is 2.24. The summed E-state index contributed by atoms with van der Waals surface area (Å²) in [6, 6.07) is 0. The largest absolute Gasteiger partial charge is 0.373 e. The van der Waals surface area contributed by atoms with Gasteiger partial charge in [-0.15, -0.1) is 0 Å². The van der Waals surface area contributed by atoms with Crippen molar-refractivity contribution in [2.24, 2.45) is 5.92 Å². The summed E-state index contributed by atoms with van der Waals surface area (Å²) in [5, 5.41) is 3.12. The van der Waals surface area contributed by atoms with E-state index in [9.17, 15) is 0 Å². The Bertz CT molecular complexity index is 378. The van der Waals surface area contributed by atoms with E-state index in [0.29, 0.717) is 0 Å². The summed E-state index contributed by atoms with van der Waals surface area (Å²) in [4.78, 5) is 11.1. The maximum absolute atomic E-state index is 4.44. The van der Waals surface area contributed by atoms with Gasteiger partial charge in [-0.05, 0) is 25.7 Å². The summed E-state index contributed by atoms with van der Waals surface area (Å²) < 4.78 is 0. The molecule has 4 nitrogen and oxygen atoms in total. The van der Waals surface area contributed by atoms with E-state index >= 15 is 0 Å². The van der Waals surface area contributed by atoms with E-state index < -0.39 is 0 Å². The van der Waals surface area contributed by atoms with Gasteiger partial charge in [0.1, 0.15) is 18.0 Å². The molecule has 1 N–H and O–H groups in total. The average Bonchev–Trinajstić information content (AvgIpc) is 2.78. The first-order chi connectivity index (χ1) is 8.26. The van der Waals surface area contributed by atoms with Gasteiger partial charge in [0.15, 0.2) is 0 Å². The second-order valence-electron chi connectivity index (χ2n) is 4.81. The molecule has 17 heavy (non-hydrogen) atoms. The van der Waals surface area contributed by atoms with E-state index in [0.717, 1.165) is 36.2 Å². The molecule has 1 saturated heterocycles. The molecule has 4 heteroatoms. The van der Waals surface area contributed by atoms with Crippen molar-refractivity contribution in [3.63, 3.8) is 0 Å². The molecule has 0 spiro atoms. The molecule has 0 bridgehead atoms. The first-order valence-corrected chi connectivity index (χ1v) is 6.50. The van der Waals surface area contributed by atoms with Crippen molar-refractivity contribution < 1.29 is 0 Å². The second kappa shape index (κ2) is 5.34. The Morgan fingerprint density at radius 3 is 3.00 bits per heavy atom. The van der Waals surface area contributed by atoms with Crippen LogP contribution in [0, 0.1) is 12.8 Å². The third-order valence-corrected chi connectivity index (χ3v) is 3.58. The number of rotatable bonds is 4. The standard InChI is InChI=1S/C13H22N4/c1-4-5-11-6-7-17(8-11)13-10(2)12(14-3)15-9-16-13/h9,11H,4-8H2,1-3H3,(H,14,15,16). The maximum atomic E-state index is 4.44. The van der Waals surface area contributed by atoms with Gasteiger partial charge in [0.05, 0.1) is 0 Å². The van der Waals surface area contributed by atoms with Crippen LogP contribution in [0.5, 0.6) is 0 Å². The summed E-state index contributed by atoms with van der Waals surface area (Å²) in [7, 11) is 1.91. The number of nitrogens with zero attached hydrogens (tertiary/aromatic N) is 3. The minimum Gasteiger partial charge on any atom is -0.373 e. The molecule has 1 unspecified atom stereocenters. The third-order valence-electron chi connectivity index (χ3n) is 3.58. The normalized spacial score (nSPS) is 19.7. The topological polar surface area (TPSA) is 41.1 Å². The molecule has 0 saturated carbocycles. The van der Waals surface area contributed by atoms with E-state index in [1.165, 1.54) is 19.3 Å². The lowest BCUT2D eigenvalue weighted by Crippen LogP contribution is -2.22. The number of nitrogens with one attached hydrogen (secondary N) is 1. The van der Waals surface area contributed by atoms with Gasteiger partial charge in [-0.3, -0.25) is 0 Å². The predicted molar refractivity (Wildman–Crippen MR) is 71.5 cm³/mol. The van der Waals surface area contributed by atoms with Gasteiger partial charge in [-0.1, -0.05) is 13.3 Å². The zero-order chi connectivity index (χ0) is 12.3. The molecule has 1 aromatic rings. The average molecular weight is 234 g/mol. The highest BCUT2D eigenvalue weighted by atomic mass is 15.2. The van der Waals surface area contributed by atoms with E-state index in [2.05, 4.69) is 34.0 Å². The predicted octanol–water partition coefficient (Wildman–Crippen LogP) is 2.45. The molecule has 0 amide bonds. The summed E-state index contributed by atoms with van der Waals surface area (Å²) in [5.41, 5.74) is 1.16. The summed E-state index contributed by atoms with van der Waals surface area (Å²) >= 11 is 0. The van der Waals surface area contributed by atoms with Crippen molar-refractivity contribution in [2.75, 3.05) is 30.4 Å². The van der Waals surface area contributed by atoms with Crippen molar-refractivity contribution >= 4 is 11.6 Å². The number of hydrogen-bond acceptors (Lipinski definition) is 4. The third kappa shape index (κ3) is 2.51. The van der Waals surface area contributed by atoms with Crippen LogP contribution in [-0.2, 0) is 0 Å². The van der Waals surface area contributed by atoms with Crippen LogP contribution in [-0.4, -0.2) is 30.1 Å². The summed E-state index contributed by atoms with van der Waals surface area (Å²) in [5.74, 6) is 2.88. The van der Waals surface area contributed by atoms with Gasteiger partial charge in [0.25, 0.3) is 0 Å². The zero-order valence-corrected chi connectivity index (χ0v) is 11.0. The maximum Gasteiger partial charge on any atom is 0.137 e. The van der Waals surface area contributed by atoms with Crippen molar-refractivity contribution in [1.82, 2.24) is 9.97 Å². The van der Waals surface area contributed by atoms with Gasteiger partial charge in [0, 0.05) is 25.7 Å². The number of aromatic nitrogens is 2. The van der Waals surface area contributed by atoms with Crippen molar-refractivity contribution in [2.45, 2.75) is 33.1 Å². The first kappa shape index (κ1) is 12.1. The van der Waals surface area contributed by atoms with Crippen LogP contribution in [0.25, 0.3) is 0 Å². The van der Waals surface area contributed by atoms with Crippen molar-refractivity contribution in [3.8, 4) is 0 Å². The van der Waals surface area contributed by atoms with Gasteiger partial charge in [-0.2, -0.15) is 0 Å². The van der Waals surface area contributed by atoms with E-state index in [1.807, 2.05) is 7.05 Å².